The van der Waals surface area contributed by atoms with Gasteiger partial charge in [0.15, 0.2) is 5.78 Å². The van der Waals surface area contributed by atoms with Gasteiger partial charge in [0.1, 0.15) is 0 Å². The van der Waals surface area contributed by atoms with Crippen LogP contribution in [-0.2, 0) is 6.54 Å². The Hall–Kier alpha value is -1.26. The van der Waals surface area contributed by atoms with Gasteiger partial charge in [-0.25, -0.2) is 0 Å². The quantitative estimate of drug-likeness (QED) is 0.731. The van der Waals surface area contributed by atoms with E-state index in [1.54, 1.807) is 19.9 Å². The normalized spacial score (nSPS) is 12.1. The molecule has 0 aliphatic heterocycles. The van der Waals surface area contributed by atoms with Crippen molar-refractivity contribution in [3.63, 3.8) is 0 Å². The van der Waals surface area contributed by atoms with Crippen LogP contribution in [0.3, 0.4) is 0 Å². The Morgan fingerprint density at radius 1 is 1.44 bits per heavy atom. The number of Topliss-reactive ketones (excluding diaryl/α,β-unsaturated/α-hetero) is 1. The van der Waals surface area contributed by atoms with Crippen molar-refractivity contribution in [1.29, 1.82) is 0 Å². The molecule has 0 aliphatic rings. The van der Waals surface area contributed by atoms with Crippen LogP contribution in [0.2, 0.25) is 0 Å². The topological polar surface area (TPSA) is 22.0 Å². The summed E-state index contributed by atoms with van der Waals surface area (Å²) in [6.45, 7) is 3.37. The number of carbonyl (C=O) groups is 1. The second-order valence-corrected chi connectivity index (χ2v) is 4.02. The molecule has 90 valence electrons. The van der Waals surface area contributed by atoms with Crippen molar-refractivity contribution in [2.45, 2.75) is 33.0 Å². The first-order chi connectivity index (χ1) is 7.29. The van der Waals surface area contributed by atoms with Gasteiger partial charge < -0.3 is 4.57 Å². The lowest BCUT2D eigenvalue weighted by Gasteiger charge is -2.06. The molecule has 0 N–H and O–H groups in total. The van der Waals surface area contributed by atoms with Crippen molar-refractivity contribution >= 4 is 5.78 Å². The first-order valence-electron chi connectivity index (χ1n) is 5.06. The number of alkyl halides is 3. The van der Waals surface area contributed by atoms with Crippen molar-refractivity contribution in [2.24, 2.45) is 5.92 Å². The molecule has 2 nitrogen and oxygen atoms in total. The minimum Gasteiger partial charge on any atom is -0.353 e. The zero-order chi connectivity index (χ0) is 12.3. The summed E-state index contributed by atoms with van der Waals surface area (Å²) in [5.41, 5.74) is 0.470. The summed E-state index contributed by atoms with van der Waals surface area (Å²) in [6.07, 6.45) is -2.07. The molecule has 0 aromatic carbocycles. The van der Waals surface area contributed by atoms with Gasteiger partial charge in [0.25, 0.3) is 0 Å². The molecule has 0 fully saturated rings. The van der Waals surface area contributed by atoms with Gasteiger partial charge in [0.05, 0.1) is 6.42 Å². The van der Waals surface area contributed by atoms with Gasteiger partial charge in [-0.2, -0.15) is 13.2 Å². The summed E-state index contributed by atoms with van der Waals surface area (Å²) in [7, 11) is 0. The highest BCUT2D eigenvalue weighted by Crippen LogP contribution is 2.20. The number of halogens is 3. The molecule has 1 aromatic heterocycles. The fourth-order valence-corrected chi connectivity index (χ4v) is 1.31. The molecule has 0 unspecified atom stereocenters. The Labute approximate surface area is 92.1 Å². The van der Waals surface area contributed by atoms with Gasteiger partial charge >= 0.3 is 6.18 Å². The lowest BCUT2D eigenvalue weighted by atomic mass is 10.0. The third-order valence-electron chi connectivity index (χ3n) is 2.21. The average molecular weight is 233 g/mol. The maximum Gasteiger partial charge on any atom is 0.390 e. The predicted molar refractivity (Wildman–Crippen MR) is 54.3 cm³/mol. The highest BCUT2D eigenvalue weighted by Gasteiger charge is 2.26. The fraction of sp³-hybridized carbons (Fsp3) is 0.545. The number of nitrogens with zero attached hydrogens (tertiary/aromatic N) is 1. The standard InChI is InChI=1S/C11H14F3NO/c1-8(2)10(16)9-3-5-15(7-9)6-4-11(12,13)14/h3,5,7-8H,4,6H2,1-2H3. The first-order valence-corrected chi connectivity index (χ1v) is 5.06. The number of ketones is 1. The molecule has 0 saturated carbocycles. The fourth-order valence-electron chi connectivity index (χ4n) is 1.31. The van der Waals surface area contributed by atoms with Gasteiger partial charge in [0.2, 0.25) is 0 Å². The molecule has 0 amide bonds. The van der Waals surface area contributed by atoms with Gasteiger partial charge in [-0.3, -0.25) is 4.79 Å². The highest BCUT2D eigenvalue weighted by molar-refractivity contribution is 5.97. The van der Waals surface area contributed by atoms with Gasteiger partial charge in [0, 0.05) is 30.4 Å². The summed E-state index contributed by atoms with van der Waals surface area (Å²) in [5, 5.41) is 0. The molecule has 0 saturated heterocycles. The zero-order valence-corrected chi connectivity index (χ0v) is 9.21. The van der Waals surface area contributed by atoms with Crippen LogP contribution < -0.4 is 0 Å². The van der Waals surface area contributed by atoms with E-state index in [2.05, 4.69) is 0 Å². The van der Waals surface area contributed by atoms with Crippen LogP contribution in [0.25, 0.3) is 0 Å². The Morgan fingerprint density at radius 2 is 2.06 bits per heavy atom. The maximum absolute atomic E-state index is 12.0. The van der Waals surface area contributed by atoms with Crippen LogP contribution in [0.5, 0.6) is 0 Å². The van der Waals surface area contributed by atoms with E-state index >= 15 is 0 Å². The number of rotatable bonds is 4. The van der Waals surface area contributed by atoms with E-state index in [1.165, 1.54) is 17.0 Å². The van der Waals surface area contributed by atoms with E-state index in [1.807, 2.05) is 0 Å². The van der Waals surface area contributed by atoms with Crippen LogP contribution >= 0.6 is 0 Å². The predicted octanol–water partition coefficient (Wildman–Crippen LogP) is 3.28. The highest BCUT2D eigenvalue weighted by atomic mass is 19.4. The number of hydrogen-bond donors (Lipinski definition) is 0. The van der Waals surface area contributed by atoms with Gasteiger partial charge in [-0.1, -0.05) is 13.8 Å². The number of aromatic nitrogens is 1. The minimum absolute atomic E-state index is 0.0502. The summed E-state index contributed by atoms with van der Waals surface area (Å²) in [5.74, 6) is -0.191. The SMILES string of the molecule is CC(C)C(=O)c1ccn(CCC(F)(F)F)c1. The molecule has 5 heteroatoms. The van der Waals surface area contributed by atoms with E-state index in [4.69, 9.17) is 0 Å². The number of carbonyl (C=O) groups excluding carboxylic acids is 1. The molecule has 0 radical (unpaired) electrons. The van der Waals surface area contributed by atoms with Gasteiger partial charge in [-0.05, 0) is 6.07 Å². The molecule has 16 heavy (non-hydrogen) atoms. The Balaban J connectivity index is 2.62. The summed E-state index contributed by atoms with van der Waals surface area (Å²) >= 11 is 0. The van der Waals surface area contributed by atoms with E-state index in [9.17, 15) is 18.0 Å². The summed E-state index contributed by atoms with van der Waals surface area (Å²) in [4.78, 5) is 11.5. The van der Waals surface area contributed by atoms with Gasteiger partial charge in [-0.15, -0.1) is 0 Å². The monoisotopic (exact) mass is 233 g/mol. The van der Waals surface area contributed by atoms with Crippen molar-refractivity contribution in [3.05, 3.63) is 24.0 Å². The van der Waals surface area contributed by atoms with E-state index < -0.39 is 12.6 Å². The van der Waals surface area contributed by atoms with Crippen molar-refractivity contribution in [2.75, 3.05) is 0 Å². The molecular weight excluding hydrogens is 219 g/mol. The van der Waals surface area contributed by atoms with Crippen LogP contribution in [-0.4, -0.2) is 16.5 Å². The smallest absolute Gasteiger partial charge is 0.353 e. The number of hydrogen-bond acceptors (Lipinski definition) is 1. The second-order valence-electron chi connectivity index (χ2n) is 4.02. The molecular formula is C11H14F3NO. The largest absolute Gasteiger partial charge is 0.390 e. The molecule has 0 aliphatic carbocycles. The minimum atomic E-state index is -4.16. The van der Waals surface area contributed by atoms with E-state index in [0.717, 1.165) is 0 Å². The van der Waals surface area contributed by atoms with Crippen LogP contribution in [0.1, 0.15) is 30.6 Å². The molecule has 1 rings (SSSR count). The van der Waals surface area contributed by atoms with Crippen molar-refractivity contribution < 1.29 is 18.0 Å². The molecule has 1 heterocycles. The van der Waals surface area contributed by atoms with E-state index in [0.29, 0.717) is 5.56 Å². The first kappa shape index (κ1) is 12.8. The van der Waals surface area contributed by atoms with Crippen LogP contribution in [0.15, 0.2) is 18.5 Å². The molecule has 0 spiro atoms. The lowest BCUT2D eigenvalue weighted by molar-refractivity contribution is -0.136. The average Bonchev–Trinajstić information content (AvgIpc) is 2.60. The maximum atomic E-state index is 12.0. The Morgan fingerprint density at radius 3 is 2.56 bits per heavy atom. The second kappa shape index (κ2) is 4.72. The third kappa shape index (κ3) is 3.72. The lowest BCUT2D eigenvalue weighted by Crippen LogP contribution is -2.11. The zero-order valence-electron chi connectivity index (χ0n) is 9.21. The molecule has 0 bridgehead atoms. The Bertz CT molecular complexity index is 366. The molecule has 0 atom stereocenters. The van der Waals surface area contributed by atoms with Crippen molar-refractivity contribution in [3.8, 4) is 0 Å². The van der Waals surface area contributed by atoms with E-state index in [-0.39, 0.29) is 18.2 Å². The van der Waals surface area contributed by atoms with Crippen molar-refractivity contribution in [1.82, 2.24) is 4.57 Å². The summed E-state index contributed by atoms with van der Waals surface area (Å²) < 4.78 is 37.3. The number of aryl methyl sites for hydroxylation is 1. The third-order valence-corrected chi connectivity index (χ3v) is 2.21. The van der Waals surface area contributed by atoms with Crippen LogP contribution in [0, 0.1) is 5.92 Å². The molecule has 1 aromatic rings. The van der Waals surface area contributed by atoms with Crippen LogP contribution in [0.4, 0.5) is 13.2 Å². The Kier molecular flexibility index (Phi) is 3.78. The summed E-state index contributed by atoms with van der Waals surface area (Å²) in [6, 6.07) is 1.55.